The second-order valence-corrected chi connectivity index (χ2v) is 7.38. The van der Waals surface area contributed by atoms with Gasteiger partial charge in [0.25, 0.3) is 0 Å². The molecule has 0 spiro atoms. The summed E-state index contributed by atoms with van der Waals surface area (Å²) in [4.78, 5) is 6.86. The summed E-state index contributed by atoms with van der Waals surface area (Å²) in [5.74, 6) is 0. The van der Waals surface area contributed by atoms with Crippen molar-refractivity contribution in [2.75, 3.05) is 26.2 Å². The Bertz CT molecular complexity index is 811. The van der Waals surface area contributed by atoms with Gasteiger partial charge in [-0.15, -0.1) is 0 Å². The van der Waals surface area contributed by atoms with Crippen molar-refractivity contribution in [1.29, 1.82) is 0 Å². The zero-order valence-electron chi connectivity index (χ0n) is 15.1. The molecule has 0 saturated carbocycles. The predicted octanol–water partition coefficient (Wildman–Crippen LogP) is 1.21. The van der Waals surface area contributed by atoms with Crippen LogP contribution in [0, 0.1) is 0 Å². The second kappa shape index (κ2) is 7.42. The molecule has 2 aromatic carbocycles. The average Bonchev–Trinajstić information content (AvgIpc) is 3.07. The molecule has 1 aromatic heterocycles. The minimum Gasteiger partial charge on any atom is -0.361 e. The lowest BCUT2D eigenvalue weighted by Gasteiger charge is -2.29. The Morgan fingerprint density at radius 2 is 1.44 bits per heavy atom. The molecule has 3 heteroatoms. The van der Waals surface area contributed by atoms with E-state index >= 15 is 0 Å². The molecule has 1 saturated heterocycles. The maximum atomic E-state index is 3.41. The van der Waals surface area contributed by atoms with Crippen LogP contribution in [0.4, 0.5) is 0 Å². The van der Waals surface area contributed by atoms with E-state index < -0.39 is 0 Å². The molecule has 25 heavy (non-hydrogen) atoms. The number of hydrogen-bond donors (Lipinski definition) is 3. The lowest BCUT2D eigenvalue weighted by atomic mass is 10.1. The first kappa shape index (κ1) is 16.4. The number of hydrogen-bond acceptors (Lipinski definition) is 0. The number of benzene rings is 2. The van der Waals surface area contributed by atoms with Crippen molar-refractivity contribution < 1.29 is 9.80 Å². The third-order valence-electron chi connectivity index (χ3n) is 5.66. The van der Waals surface area contributed by atoms with E-state index in [1.165, 1.54) is 60.3 Å². The summed E-state index contributed by atoms with van der Waals surface area (Å²) in [6.07, 6.45) is 3.33. The molecule has 3 aromatic rings. The minimum absolute atomic E-state index is 1.13. The largest absolute Gasteiger partial charge is 0.361 e. The highest BCUT2D eigenvalue weighted by Crippen LogP contribution is 2.16. The summed E-state index contributed by atoms with van der Waals surface area (Å²) in [6, 6.07) is 17.8. The summed E-state index contributed by atoms with van der Waals surface area (Å²) in [5.41, 5.74) is 5.64. The van der Waals surface area contributed by atoms with Crippen molar-refractivity contribution in [2.24, 2.45) is 0 Å². The van der Waals surface area contributed by atoms with E-state index in [4.69, 9.17) is 0 Å². The Balaban J connectivity index is 1.32. The van der Waals surface area contributed by atoms with Crippen LogP contribution in [0.2, 0.25) is 0 Å². The van der Waals surface area contributed by atoms with E-state index in [2.05, 4.69) is 66.6 Å². The van der Waals surface area contributed by atoms with Gasteiger partial charge in [0.1, 0.15) is 39.3 Å². The average molecular weight is 335 g/mol. The molecule has 3 nitrogen and oxygen atoms in total. The Hall–Kier alpha value is -2.10. The smallest absolute Gasteiger partial charge is 0.127 e. The van der Waals surface area contributed by atoms with Crippen LogP contribution >= 0.6 is 0 Å². The molecule has 0 atom stereocenters. The van der Waals surface area contributed by atoms with Crippen LogP contribution in [-0.4, -0.2) is 31.2 Å². The third-order valence-corrected chi connectivity index (χ3v) is 5.66. The Kier molecular flexibility index (Phi) is 4.86. The number of fused-ring (bicyclic) bond motifs is 1. The topological polar surface area (TPSA) is 24.7 Å². The SMILES string of the molecule is CCc1ccc(C[NH+]2CC[NH+](Cc3c[nH]c4ccccc34)CC2)cc1. The number of para-hydroxylation sites is 1. The number of aryl methyl sites for hydroxylation is 1. The van der Waals surface area contributed by atoms with Crippen LogP contribution in [0.5, 0.6) is 0 Å². The van der Waals surface area contributed by atoms with Crippen LogP contribution in [0.15, 0.2) is 54.7 Å². The van der Waals surface area contributed by atoms with Crippen molar-refractivity contribution in [1.82, 2.24) is 4.98 Å². The van der Waals surface area contributed by atoms with E-state index in [0.717, 1.165) is 13.0 Å². The Labute approximate surface area is 150 Å². The van der Waals surface area contributed by atoms with Gasteiger partial charge in [-0.25, -0.2) is 0 Å². The normalized spacial score (nSPS) is 20.8. The highest BCUT2D eigenvalue weighted by atomic mass is 15.3. The molecule has 0 unspecified atom stereocenters. The minimum atomic E-state index is 1.13. The molecule has 0 bridgehead atoms. The standard InChI is InChI=1S/C22H27N3/c1-2-18-7-9-19(10-8-18)16-24-11-13-25(14-12-24)17-20-15-23-22-6-4-3-5-21(20)22/h3-10,15,23H,2,11-14,16-17H2,1H3/p+2. The zero-order chi connectivity index (χ0) is 17.1. The van der Waals surface area contributed by atoms with Gasteiger partial charge in [-0.3, -0.25) is 0 Å². The van der Waals surface area contributed by atoms with Gasteiger partial charge >= 0.3 is 0 Å². The van der Waals surface area contributed by atoms with Crippen LogP contribution in [-0.2, 0) is 19.5 Å². The van der Waals surface area contributed by atoms with Crippen molar-refractivity contribution in [3.05, 3.63) is 71.4 Å². The summed E-state index contributed by atoms with van der Waals surface area (Å²) in [5, 5.41) is 1.39. The molecule has 1 aliphatic rings. The number of piperazine rings is 1. The van der Waals surface area contributed by atoms with E-state index in [1.807, 2.05) is 0 Å². The maximum Gasteiger partial charge on any atom is 0.127 e. The first-order chi connectivity index (χ1) is 12.3. The molecular weight excluding hydrogens is 306 g/mol. The first-order valence-corrected chi connectivity index (χ1v) is 9.62. The van der Waals surface area contributed by atoms with E-state index in [0.29, 0.717) is 0 Å². The molecular formula is C22H29N3+2. The Morgan fingerprint density at radius 3 is 2.16 bits per heavy atom. The number of aromatic amines is 1. The number of H-pyrrole nitrogens is 1. The van der Waals surface area contributed by atoms with Crippen LogP contribution < -0.4 is 9.80 Å². The van der Waals surface area contributed by atoms with Gasteiger partial charge in [-0.2, -0.15) is 0 Å². The second-order valence-electron chi connectivity index (χ2n) is 7.38. The van der Waals surface area contributed by atoms with Gasteiger partial charge in [0, 0.05) is 28.2 Å². The summed E-state index contributed by atoms with van der Waals surface area (Å²) < 4.78 is 0. The third kappa shape index (κ3) is 3.78. The fourth-order valence-electron chi connectivity index (χ4n) is 4.04. The van der Waals surface area contributed by atoms with Crippen molar-refractivity contribution >= 4 is 10.9 Å². The highest BCUT2D eigenvalue weighted by molar-refractivity contribution is 5.82. The summed E-state index contributed by atoms with van der Waals surface area (Å²) in [7, 11) is 0. The van der Waals surface area contributed by atoms with Gasteiger partial charge < -0.3 is 14.8 Å². The molecule has 0 radical (unpaired) electrons. The monoisotopic (exact) mass is 335 g/mol. The predicted molar refractivity (Wildman–Crippen MR) is 103 cm³/mol. The van der Waals surface area contributed by atoms with Crippen molar-refractivity contribution in [3.8, 4) is 0 Å². The number of aromatic nitrogens is 1. The molecule has 1 aliphatic heterocycles. The fourth-order valence-corrected chi connectivity index (χ4v) is 4.04. The molecule has 0 aliphatic carbocycles. The van der Waals surface area contributed by atoms with Gasteiger partial charge in [0.15, 0.2) is 0 Å². The molecule has 2 heterocycles. The van der Waals surface area contributed by atoms with Gasteiger partial charge in [-0.05, 0) is 18.1 Å². The molecule has 0 amide bonds. The maximum absolute atomic E-state index is 3.41. The Morgan fingerprint density at radius 1 is 0.800 bits per heavy atom. The fraction of sp³-hybridized carbons (Fsp3) is 0.364. The lowest BCUT2D eigenvalue weighted by Crippen LogP contribution is -3.27. The van der Waals surface area contributed by atoms with Gasteiger partial charge in [0.05, 0.1) is 0 Å². The van der Waals surface area contributed by atoms with E-state index in [1.54, 1.807) is 9.80 Å². The van der Waals surface area contributed by atoms with Crippen LogP contribution in [0.1, 0.15) is 23.6 Å². The number of nitrogens with one attached hydrogen (secondary N) is 3. The molecule has 1 fully saturated rings. The quantitative estimate of drug-likeness (QED) is 0.625. The zero-order valence-corrected chi connectivity index (χ0v) is 15.1. The molecule has 130 valence electrons. The van der Waals surface area contributed by atoms with Crippen molar-refractivity contribution in [2.45, 2.75) is 26.4 Å². The first-order valence-electron chi connectivity index (χ1n) is 9.62. The number of rotatable bonds is 5. The van der Waals surface area contributed by atoms with Crippen molar-refractivity contribution in [3.63, 3.8) is 0 Å². The van der Waals surface area contributed by atoms with Gasteiger partial charge in [0.2, 0.25) is 0 Å². The lowest BCUT2D eigenvalue weighted by molar-refractivity contribution is -1.02. The van der Waals surface area contributed by atoms with Crippen LogP contribution in [0.3, 0.4) is 0 Å². The summed E-state index contributed by atoms with van der Waals surface area (Å²) in [6.45, 7) is 9.60. The van der Waals surface area contributed by atoms with E-state index in [-0.39, 0.29) is 0 Å². The highest BCUT2D eigenvalue weighted by Gasteiger charge is 2.23. The van der Waals surface area contributed by atoms with E-state index in [9.17, 15) is 0 Å². The van der Waals surface area contributed by atoms with Gasteiger partial charge in [-0.1, -0.05) is 49.4 Å². The summed E-state index contributed by atoms with van der Waals surface area (Å²) >= 11 is 0. The number of quaternary nitrogens is 2. The molecule has 3 N–H and O–H groups in total. The van der Waals surface area contributed by atoms with Crippen LogP contribution in [0.25, 0.3) is 10.9 Å². The molecule has 4 rings (SSSR count).